The zero-order chi connectivity index (χ0) is 37.9. The van der Waals surface area contributed by atoms with Crippen LogP contribution in [0.3, 0.4) is 0 Å². The lowest BCUT2D eigenvalue weighted by atomic mass is 9.83. The summed E-state index contributed by atoms with van der Waals surface area (Å²) in [5.74, 6) is 2.17. The summed E-state index contributed by atoms with van der Waals surface area (Å²) in [5, 5.41) is 2.18. The largest absolute Gasteiger partial charge is 0.456 e. The number of para-hydroxylation sites is 1. The van der Waals surface area contributed by atoms with Crippen molar-refractivity contribution in [1.29, 1.82) is 0 Å². The SMILES string of the molecule is CC12C=CC=CC1c1cc(-c3cc(-c4nc(-c5ccccc5)nc(-c5cccc(-c6ccccc6)c5)n4)cc(-c4cccc5oc6ccccc6c45)c3)ccc1S2. The zero-order valence-corrected chi connectivity index (χ0v) is 31.9. The van der Waals surface area contributed by atoms with E-state index < -0.39 is 0 Å². The Bertz CT molecular complexity index is 3080. The van der Waals surface area contributed by atoms with Crippen molar-refractivity contribution in [3.63, 3.8) is 0 Å². The number of hydrogen-bond acceptors (Lipinski definition) is 5. The second-order valence-electron chi connectivity index (χ2n) is 15.0. The van der Waals surface area contributed by atoms with Crippen molar-refractivity contribution < 1.29 is 4.42 Å². The molecule has 2 aromatic heterocycles. The molecule has 4 nitrogen and oxygen atoms in total. The molecule has 0 bridgehead atoms. The van der Waals surface area contributed by atoms with Gasteiger partial charge in [-0.05, 0) is 94.4 Å². The number of rotatable bonds is 6. The number of aromatic nitrogens is 3. The fourth-order valence-electron chi connectivity index (χ4n) is 8.44. The lowest BCUT2D eigenvalue weighted by molar-refractivity contribution is 0.669. The highest BCUT2D eigenvalue weighted by atomic mass is 32.2. The monoisotopic (exact) mass is 749 g/mol. The average Bonchev–Trinajstić information content (AvgIpc) is 3.81. The molecule has 0 fully saturated rings. The van der Waals surface area contributed by atoms with E-state index in [1.165, 1.54) is 10.5 Å². The second kappa shape index (κ2) is 13.4. The van der Waals surface area contributed by atoms with Gasteiger partial charge in [-0.3, -0.25) is 0 Å². The molecule has 5 heteroatoms. The Morgan fingerprint density at radius 2 is 1.11 bits per heavy atom. The van der Waals surface area contributed by atoms with Gasteiger partial charge in [0.2, 0.25) is 0 Å². The number of hydrogen-bond donors (Lipinski definition) is 0. The predicted molar refractivity (Wildman–Crippen MR) is 235 cm³/mol. The van der Waals surface area contributed by atoms with E-state index in [9.17, 15) is 0 Å². The van der Waals surface area contributed by atoms with Crippen LogP contribution >= 0.6 is 11.8 Å². The first-order valence-electron chi connectivity index (χ1n) is 19.3. The van der Waals surface area contributed by atoms with E-state index in [0.29, 0.717) is 23.4 Å². The van der Waals surface area contributed by atoms with Gasteiger partial charge in [-0.1, -0.05) is 140 Å². The normalized spacial score (nSPS) is 16.9. The van der Waals surface area contributed by atoms with Crippen molar-refractivity contribution >= 4 is 33.7 Å². The van der Waals surface area contributed by atoms with Gasteiger partial charge in [0.05, 0.1) is 0 Å². The molecule has 1 aliphatic heterocycles. The van der Waals surface area contributed by atoms with Crippen LogP contribution in [-0.4, -0.2) is 19.7 Å². The molecule has 2 aliphatic rings. The van der Waals surface area contributed by atoms with Gasteiger partial charge >= 0.3 is 0 Å². The molecule has 0 saturated heterocycles. The van der Waals surface area contributed by atoms with Crippen LogP contribution in [0.15, 0.2) is 197 Å². The average molecular weight is 750 g/mol. The van der Waals surface area contributed by atoms with Crippen molar-refractivity contribution in [3.8, 4) is 67.5 Å². The third-order valence-electron chi connectivity index (χ3n) is 11.3. The smallest absolute Gasteiger partial charge is 0.164 e. The van der Waals surface area contributed by atoms with E-state index in [0.717, 1.165) is 72.0 Å². The number of allylic oxidation sites excluding steroid dienone is 3. The summed E-state index contributed by atoms with van der Waals surface area (Å²) in [6.45, 7) is 2.34. The van der Waals surface area contributed by atoms with E-state index in [2.05, 4.69) is 159 Å². The predicted octanol–water partition coefficient (Wildman–Crippen LogP) is 13.8. The first-order chi connectivity index (χ1) is 28.1. The summed E-state index contributed by atoms with van der Waals surface area (Å²) in [6.07, 6.45) is 9.05. The van der Waals surface area contributed by atoms with Gasteiger partial charge in [0.1, 0.15) is 11.2 Å². The molecule has 0 amide bonds. The van der Waals surface area contributed by atoms with E-state index in [1.54, 1.807) is 0 Å². The molecule has 0 N–H and O–H groups in total. The minimum Gasteiger partial charge on any atom is -0.456 e. The Morgan fingerprint density at radius 1 is 0.491 bits per heavy atom. The first-order valence-corrected chi connectivity index (χ1v) is 20.1. The quantitative estimate of drug-likeness (QED) is 0.169. The molecular weight excluding hydrogens is 715 g/mol. The lowest BCUT2D eigenvalue weighted by Gasteiger charge is -2.27. The number of nitrogens with zero attached hydrogens (tertiary/aromatic N) is 3. The highest BCUT2D eigenvalue weighted by Crippen LogP contribution is 2.56. The van der Waals surface area contributed by atoms with Gasteiger partial charge < -0.3 is 4.42 Å². The van der Waals surface area contributed by atoms with Gasteiger partial charge in [-0.2, -0.15) is 0 Å². The molecule has 2 unspecified atom stereocenters. The molecule has 0 spiro atoms. The van der Waals surface area contributed by atoms with Crippen LogP contribution in [0.4, 0.5) is 0 Å². The highest BCUT2D eigenvalue weighted by molar-refractivity contribution is 8.01. The summed E-state index contributed by atoms with van der Waals surface area (Å²) in [5.41, 5.74) is 12.5. The van der Waals surface area contributed by atoms with Crippen molar-refractivity contribution in [2.24, 2.45) is 0 Å². The molecular formula is C52H35N3OS. The summed E-state index contributed by atoms with van der Waals surface area (Å²) in [4.78, 5) is 16.9. The highest BCUT2D eigenvalue weighted by Gasteiger charge is 2.41. The van der Waals surface area contributed by atoms with Gasteiger partial charge in [-0.15, -0.1) is 11.8 Å². The zero-order valence-electron chi connectivity index (χ0n) is 31.1. The van der Waals surface area contributed by atoms with Crippen LogP contribution in [0.2, 0.25) is 0 Å². The summed E-state index contributed by atoms with van der Waals surface area (Å²) in [7, 11) is 0. The van der Waals surface area contributed by atoms with Crippen molar-refractivity contribution in [1.82, 2.24) is 15.0 Å². The topological polar surface area (TPSA) is 51.8 Å². The van der Waals surface area contributed by atoms with Crippen LogP contribution in [0, 0.1) is 0 Å². The Kier molecular flexibility index (Phi) is 7.90. The molecule has 57 heavy (non-hydrogen) atoms. The van der Waals surface area contributed by atoms with E-state index >= 15 is 0 Å². The van der Waals surface area contributed by atoms with Crippen molar-refractivity contribution in [2.75, 3.05) is 0 Å². The molecule has 11 rings (SSSR count). The van der Waals surface area contributed by atoms with E-state index in [1.807, 2.05) is 48.2 Å². The maximum Gasteiger partial charge on any atom is 0.164 e. The third kappa shape index (κ3) is 5.90. The van der Waals surface area contributed by atoms with E-state index in [4.69, 9.17) is 19.4 Å². The van der Waals surface area contributed by atoms with Gasteiger partial charge in [0.15, 0.2) is 17.5 Å². The fraction of sp³-hybridized carbons (Fsp3) is 0.0577. The Hall–Kier alpha value is -6.82. The van der Waals surface area contributed by atoms with Crippen LogP contribution in [0.1, 0.15) is 18.4 Å². The van der Waals surface area contributed by atoms with Crippen molar-refractivity contribution in [3.05, 3.63) is 194 Å². The van der Waals surface area contributed by atoms with Crippen LogP contribution < -0.4 is 0 Å². The minimum atomic E-state index is 0.00757. The van der Waals surface area contributed by atoms with Gasteiger partial charge in [-0.25, -0.2) is 15.0 Å². The summed E-state index contributed by atoms with van der Waals surface area (Å²) in [6, 6.07) is 57.4. The summed E-state index contributed by atoms with van der Waals surface area (Å²) >= 11 is 1.95. The molecule has 7 aromatic carbocycles. The maximum absolute atomic E-state index is 6.38. The Labute approximate surface area is 335 Å². The summed E-state index contributed by atoms with van der Waals surface area (Å²) < 4.78 is 6.39. The standard InChI is InChI=1S/C52H35N3OS/c1-52-27-11-10-22-44(52)43-32-36(25-26-47(43)57-52)38-29-39(41-21-13-24-46-48(41)42-20-8-9-23-45(42)56-46)31-40(30-38)51-54-49(34-16-6-3-7-17-34)53-50(55-51)37-19-12-18-35(28-37)33-14-4-2-5-15-33/h2-32,44H,1H3. The molecule has 270 valence electrons. The van der Waals surface area contributed by atoms with Crippen LogP contribution in [0.5, 0.6) is 0 Å². The molecule has 0 radical (unpaired) electrons. The molecule has 0 saturated carbocycles. The number of fused-ring (bicyclic) bond motifs is 6. The number of thioether (sulfide) groups is 1. The number of furan rings is 1. The lowest BCUT2D eigenvalue weighted by Crippen LogP contribution is -2.22. The Balaban J connectivity index is 1.14. The first kappa shape index (κ1) is 33.5. The number of benzene rings is 7. The Morgan fingerprint density at radius 3 is 1.95 bits per heavy atom. The third-order valence-corrected chi connectivity index (χ3v) is 12.7. The van der Waals surface area contributed by atoms with Crippen molar-refractivity contribution in [2.45, 2.75) is 22.5 Å². The molecule has 2 atom stereocenters. The van der Waals surface area contributed by atoms with E-state index in [-0.39, 0.29) is 4.75 Å². The second-order valence-corrected chi connectivity index (χ2v) is 16.5. The van der Waals surface area contributed by atoms with Crippen LogP contribution in [0.25, 0.3) is 89.5 Å². The van der Waals surface area contributed by atoms with Gasteiger partial charge in [0, 0.05) is 43.0 Å². The maximum atomic E-state index is 6.38. The van der Waals surface area contributed by atoms with Crippen LogP contribution in [-0.2, 0) is 0 Å². The minimum absolute atomic E-state index is 0.00757. The van der Waals surface area contributed by atoms with Gasteiger partial charge in [0.25, 0.3) is 0 Å². The molecule has 3 heterocycles. The molecule has 9 aromatic rings. The fourth-order valence-corrected chi connectivity index (χ4v) is 9.83. The molecule has 1 aliphatic carbocycles.